The molecule has 1 heterocycles. The highest BCUT2D eigenvalue weighted by Crippen LogP contribution is 2.34. The summed E-state index contributed by atoms with van der Waals surface area (Å²) in [5, 5.41) is 2.01. The van der Waals surface area contributed by atoms with Crippen LogP contribution in [0, 0.1) is 18.6 Å². The van der Waals surface area contributed by atoms with Gasteiger partial charge in [0.05, 0.1) is 5.02 Å². The molecule has 0 aliphatic carbocycles. The van der Waals surface area contributed by atoms with E-state index in [1.165, 1.54) is 19.2 Å². The molecule has 0 aliphatic heterocycles. The molecule has 0 radical (unpaired) electrons. The Kier molecular flexibility index (Phi) is 7.06. The number of Topliss-reactive ketones (excluding diaryl/α,β-unsaturated/α-hetero) is 1. The fraction of sp³-hybridized carbons (Fsp3) is 0.136. The summed E-state index contributed by atoms with van der Waals surface area (Å²) < 4.78 is 74.7. The standard InChI is InChI=1S/C22H14ClF5N2O4/c1-10-9-29-16(11(2)31)8-15(10)30-21(32)19-18(6-4-13(23)20(19)25)33-12-3-5-17(14(24)7-12)34-22(26,27)28/h3-9H,1-2H3,(H,29,30,32). The maximum absolute atomic E-state index is 14.8. The first-order chi connectivity index (χ1) is 15.9. The molecule has 0 spiro atoms. The number of carbonyl (C=O) groups is 2. The second-order valence-electron chi connectivity index (χ2n) is 6.87. The number of rotatable bonds is 6. The number of anilines is 1. The van der Waals surface area contributed by atoms with Gasteiger partial charge in [-0.2, -0.15) is 0 Å². The average molecular weight is 501 g/mol. The number of nitrogens with zero attached hydrogens (tertiary/aromatic N) is 1. The molecular formula is C22H14ClF5N2O4. The lowest BCUT2D eigenvalue weighted by Gasteiger charge is -2.15. The molecule has 2 aromatic carbocycles. The van der Waals surface area contributed by atoms with Gasteiger partial charge in [-0.25, -0.2) is 8.78 Å². The van der Waals surface area contributed by atoms with Gasteiger partial charge in [-0.05, 0) is 42.8 Å². The minimum absolute atomic E-state index is 0.0561. The smallest absolute Gasteiger partial charge is 0.456 e. The molecule has 0 saturated carbocycles. The molecule has 178 valence electrons. The van der Waals surface area contributed by atoms with Gasteiger partial charge in [-0.3, -0.25) is 14.6 Å². The third-order valence-electron chi connectivity index (χ3n) is 4.35. The van der Waals surface area contributed by atoms with Crippen LogP contribution in [0.1, 0.15) is 33.3 Å². The highest BCUT2D eigenvalue weighted by molar-refractivity contribution is 6.31. The largest absolute Gasteiger partial charge is 0.573 e. The van der Waals surface area contributed by atoms with Gasteiger partial charge >= 0.3 is 6.36 Å². The summed E-state index contributed by atoms with van der Waals surface area (Å²) in [7, 11) is 0. The molecule has 0 unspecified atom stereocenters. The van der Waals surface area contributed by atoms with Crippen molar-refractivity contribution in [3.63, 3.8) is 0 Å². The monoisotopic (exact) mass is 500 g/mol. The highest BCUT2D eigenvalue weighted by atomic mass is 35.5. The number of alkyl halides is 3. The van der Waals surface area contributed by atoms with E-state index in [1.54, 1.807) is 6.92 Å². The second kappa shape index (κ2) is 9.64. The van der Waals surface area contributed by atoms with E-state index in [9.17, 15) is 31.5 Å². The first kappa shape index (κ1) is 24.9. The van der Waals surface area contributed by atoms with E-state index < -0.39 is 46.0 Å². The minimum atomic E-state index is -5.11. The van der Waals surface area contributed by atoms with Crippen LogP contribution in [0.25, 0.3) is 0 Å². The molecule has 3 aromatic rings. The summed E-state index contributed by atoms with van der Waals surface area (Å²) in [6.07, 6.45) is -3.77. The Morgan fingerprint density at radius 1 is 1.06 bits per heavy atom. The zero-order valence-electron chi connectivity index (χ0n) is 17.4. The number of nitrogens with one attached hydrogen (secondary N) is 1. The van der Waals surface area contributed by atoms with Crippen molar-refractivity contribution in [3.8, 4) is 17.2 Å². The van der Waals surface area contributed by atoms with Crippen LogP contribution in [0.3, 0.4) is 0 Å². The molecule has 1 N–H and O–H groups in total. The lowest BCUT2D eigenvalue weighted by molar-refractivity contribution is -0.275. The van der Waals surface area contributed by atoms with Gasteiger partial charge in [0.2, 0.25) is 0 Å². The first-order valence-corrected chi connectivity index (χ1v) is 9.73. The second-order valence-corrected chi connectivity index (χ2v) is 7.28. The molecule has 0 atom stereocenters. The molecule has 0 aliphatic rings. The summed E-state index contributed by atoms with van der Waals surface area (Å²) >= 11 is 5.79. The predicted molar refractivity (Wildman–Crippen MR) is 111 cm³/mol. The van der Waals surface area contributed by atoms with E-state index in [4.69, 9.17) is 16.3 Å². The third kappa shape index (κ3) is 5.79. The number of carbonyl (C=O) groups excluding carboxylic acids is 2. The summed E-state index contributed by atoms with van der Waals surface area (Å²) in [4.78, 5) is 28.4. The molecule has 6 nitrogen and oxygen atoms in total. The zero-order valence-corrected chi connectivity index (χ0v) is 18.1. The van der Waals surface area contributed by atoms with Crippen molar-refractivity contribution in [2.45, 2.75) is 20.2 Å². The molecule has 1 aromatic heterocycles. The Morgan fingerprint density at radius 3 is 2.35 bits per heavy atom. The number of pyridine rings is 1. The third-order valence-corrected chi connectivity index (χ3v) is 4.64. The molecule has 3 rings (SSSR count). The molecule has 0 saturated heterocycles. The van der Waals surface area contributed by atoms with Gasteiger partial charge in [-0.15, -0.1) is 13.2 Å². The van der Waals surface area contributed by atoms with Crippen molar-refractivity contribution in [1.82, 2.24) is 4.98 Å². The topological polar surface area (TPSA) is 77.5 Å². The van der Waals surface area contributed by atoms with Crippen LogP contribution in [0.5, 0.6) is 17.2 Å². The van der Waals surface area contributed by atoms with Crippen molar-refractivity contribution in [2.24, 2.45) is 0 Å². The van der Waals surface area contributed by atoms with Gasteiger partial charge in [0.25, 0.3) is 5.91 Å². The van der Waals surface area contributed by atoms with Crippen molar-refractivity contribution >= 4 is 29.0 Å². The van der Waals surface area contributed by atoms with Crippen LogP contribution in [0.2, 0.25) is 5.02 Å². The molecule has 12 heteroatoms. The number of ketones is 1. The summed E-state index contributed by atoms with van der Waals surface area (Å²) in [6.45, 7) is 2.86. The fourth-order valence-electron chi connectivity index (χ4n) is 2.74. The fourth-order valence-corrected chi connectivity index (χ4v) is 2.90. The quantitative estimate of drug-likeness (QED) is 0.310. The van der Waals surface area contributed by atoms with Crippen LogP contribution >= 0.6 is 11.6 Å². The number of amides is 1. The van der Waals surface area contributed by atoms with E-state index in [1.807, 2.05) is 0 Å². The van der Waals surface area contributed by atoms with Crippen LogP contribution < -0.4 is 14.8 Å². The number of aromatic nitrogens is 1. The number of hydrogen-bond donors (Lipinski definition) is 1. The summed E-state index contributed by atoms with van der Waals surface area (Å²) in [5.41, 5.74) is 0.0190. The maximum atomic E-state index is 14.8. The predicted octanol–water partition coefficient (Wildman–Crippen LogP) is 6.47. The molecule has 34 heavy (non-hydrogen) atoms. The van der Waals surface area contributed by atoms with E-state index in [0.717, 1.165) is 18.2 Å². The van der Waals surface area contributed by atoms with Crippen LogP contribution in [-0.4, -0.2) is 23.0 Å². The van der Waals surface area contributed by atoms with Gasteiger partial charge in [0.1, 0.15) is 22.8 Å². The van der Waals surface area contributed by atoms with E-state index in [-0.39, 0.29) is 22.9 Å². The Labute approximate surface area is 194 Å². The van der Waals surface area contributed by atoms with Crippen molar-refractivity contribution < 1.29 is 41.0 Å². The molecule has 0 bridgehead atoms. The normalized spacial score (nSPS) is 11.2. The van der Waals surface area contributed by atoms with E-state index >= 15 is 0 Å². The van der Waals surface area contributed by atoms with Gasteiger partial charge in [-0.1, -0.05) is 11.6 Å². The van der Waals surface area contributed by atoms with Crippen LogP contribution in [0.4, 0.5) is 27.6 Å². The molecular weight excluding hydrogens is 487 g/mol. The summed E-state index contributed by atoms with van der Waals surface area (Å²) in [6, 6.07) is 5.66. The minimum Gasteiger partial charge on any atom is -0.456 e. The first-order valence-electron chi connectivity index (χ1n) is 9.36. The summed E-state index contributed by atoms with van der Waals surface area (Å²) in [5.74, 6) is -5.80. The number of hydrogen-bond acceptors (Lipinski definition) is 5. The van der Waals surface area contributed by atoms with Crippen molar-refractivity contribution in [3.05, 3.63) is 76.1 Å². The number of benzene rings is 2. The maximum Gasteiger partial charge on any atom is 0.573 e. The lowest BCUT2D eigenvalue weighted by atomic mass is 10.1. The van der Waals surface area contributed by atoms with Crippen molar-refractivity contribution in [2.75, 3.05) is 5.32 Å². The van der Waals surface area contributed by atoms with E-state index in [0.29, 0.717) is 17.7 Å². The van der Waals surface area contributed by atoms with Gasteiger partial charge in [0, 0.05) is 24.9 Å². The highest BCUT2D eigenvalue weighted by Gasteiger charge is 2.32. The van der Waals surface area contributed by atoms with Gasteiger partial charge < -0.3 is 14.8 Å². The van der Waals surface area contributed by atoms with Crippen LogP contribution in [0.15, 0.2) is 42.6 Å². The Bertz CT molecular complexity index is 1280. The number of aryl methyl sites for hydroxylation is 1. The Balaban J connectivity index is 1.94. The lowest BCUT2D eigenvalue weighted by Crippen LogP contribution is -2.18. The Morgan fingerprint density at radius 2 is 1.74 bits per heavy atom. The molecule has 0 fully saturated rings. The molecule has 1 amide bonds. The van der Waals surface area contributed by atoms with Crippen LogP contribution in [-0.2, 0) is 0 Å². The SMILES string of the molecule is CC(=O)c1cc(NC(=O)c2c(Oc3ccc(OC(F)(F)F)c(F)c3)ccc(Cl)c2F)c(C)cn1. The Hall–Kier alpha value is -3.73. The van der Waals surface area contributed by atoms with Gasteiger partial charge in [0.15, 0.2) is 23.2 Å². The number of halogens is 6. The average Bonchev–Trinajstić information content (AvgIpc) is 2.73. The van der Waals surface area contributed by atoms with Crippen molar-refractivity contribution in [1.29, 1.82) is 0 Å². The number of ether oxygens (including phenoxy) is 2. The van der Waals surface area contributed by atoms with E-state index in [2.05, 4.69) is 15.0 Å². The zero-order chi connectivity index (χ0) is 25.2.